The van der Waals surface area contributed by atoms with Gasteiger partial charge >= 0.3 is 6.18 Å². The van der Waals surface area contributed by atoms with Gasteiger partial charge in [0, 0.05) is 0 Å². The summed E-state index contributed by atoms with van der Waals surface area (Å²) in [6.07, 6.45) is -4.33. The molecule has 0 aliphatic rings. The topological polar surface area (TPSA) is 20.2 Å². The van der Waals surface area contributed by atoms with Crippen LogP contribution in [0.5, 0.6) is 0 Å². The maximum absolute atomic E-state index is 12.6. The molecule has 0 atom stereocenters. The van der Waals surface area contributed by atoms with Gasteiger partial charge in [-0.1, -0.05) is 42.5 Å². The molecule has 0 radical (unpaired) electrons. The van der Waals surface area contributed by atoms with Gasteiger partial charge in [0.25, 0.3) is 0 Å². The second-order valence-electron chi connectivity index (χ2n) is 5.09. The SMILES string of the molecule is OCc1ccc2c(-c3ccc(C(F)(F)F)cc3)cccc2c1. The average Bonchev–Trinajstić information content (AvgIpc) is 2.53. The molecule has 0 amide bonds. The van der Waals surface area contributed by atoms with Crippen molar-refractivity contribution in [2.24, 2.45) is 0 Å². The zero-order valence-corrected chi connectivity index (χ0v) is 11.6. The highest BCUT2D eigenvalue weighted by molar-refractivity contribution is 5.97. The molecule has 0 unspecified atom stereocenters. The number of halogens is 3. The van der Waals surface area contributed by atoms with Crippen molar-refractivity contribution < 1.29 is 18.3 Å². The van der Waals surface area contributed by atoms with Gasteiger partial charge in [-0.25, -0.2) is 0 Å². The van der Waals surface area contributed by atoms with Crippen LogP contribution in [0.3, 0.4) is 0 Å². The molecule has 3 aromatic carbocycles. The standard InChI is InChI=1S/C18H13F3O/c19-18(20,21)15-7-5-13(6-8-15)16-3-1-2-14-10-12(11-22)4-9-17(14)16/h1-10,22H,11H2. The predicted molar refractivity (Wildman–Crippen MR) is 80.3 cm³/mol. The molecule has 22 heavy (non-hydrogen) atoms. The molecule has 3 rings (SSSR count). The number of alkyl halides is 3. The second-order valence-corrected chi connectivity index (χ2v) is 5.09. The first kappa shape index (κ1) is 14.6. The van der Waals surface area contributed by atoms with Gasteiger partial charge in [-0.05, 0) is 45.7 Å². The van der Waals surface area contributed by atoms with Gasteiger partial charge in [0.05, 0.1) is 12.2 Å². The van der Waals surface area contributed by atoms with Gasteiger partial charge in [-0.15, -0.1) is 0 Å². The summed E-state index contributed by atoms with van der Waals surface area (Å²) < 4.78 is 37.9. The van der Waals surface area contributed by atoms with Crippen molar-refractivity contribution in [2.75, 3.05) is 0 Å². The summed E-state index contributed by atoms with van der Waals surface area (Å²) in [6, 6.07) is 16.4. The minimum Gasteiger partial charge on any atom is -0.392 e. The molecular weight excluding hydrogens is 289 g/mol. The summed E-state index contributed by atoms with van der Waals surface area (Å²) in [6.45, 7) is -0.0412. The van der Waals surface area contributed by atoms with Crippen molar-refractivity contribution >= 4 is 10.8 Å². The summed E-state index contributed by atoms with van der Waals surface area (Å²) >= 11 is 0. The zero-order chi connectivity index (χ0) is 15.7. The third kappa shape index (κ3) is 2.70. The van der Waals surface area contributed by atoms with Crippen LogP contribution in [0.1, 0.15) is 11.1 Å². The average molecular weight is 302 g/mol. The van der Waals surface area contributed by atoms with E-state index in [1.807, 2.05) is 36.4 Å². The molecule has 1 nitrogen and oxygen atoms in total. The first-order valence-corrected chi connectivity index (χ1v) is 6.79. The summed E-state index contributed by atoms with van der Waals surface area (Å²) in [4.78, 5) is 0. The van der Waals surface area contributed by atoms with Crippen LogP contribution in [0, 0.1) is 0 Å². The minimum atomic E-state index is -4.33. The van der Waals surface area contributed by atoms with Crippen molar-refractivity contribution in [2.45, 2.75) is 12.8 Å². The number of fused-ring (bicyclic) bond motifs is 1. The molecule has 0 fully saturated rings. The van der Waals surface area contributed by atoms with E-state index in [0.717, 1.165) is 39.6 Å². The lowest BCUT2D eigenvalue weighted by Crippen LogP contribution is -2.03. The highest BCUT2D eigenvalue weighted by Gasteiger charge is 2.29. The maximum atomic E-state index is 12.6. The summed E-state index contributed by atoms with van der Waals surface area (Å²) in [5.74, 6) is 0. The fraction of sp³-hybridized carbons (Fsp3) is 0.111. The highest BCUT2D eigenvalue weighted by Crippen LogP contribution is 2.33. The Hall–Kier alpha value is -2.33. The first-order valence-electron chi connectivity index (χ1n) is 6.79. The van der Waals surface area contributed by atoms with E-state index < -0.39 is 11.7 Å². The molecule has 3 aromatic rings. The van der Waals surface area contributed by atoms with Crippen LogP contribution in [-0.2, 0) is 12.8 Å². The van der Waals surface area contributed by atoms with Gasteiger partial charge in [0.15, 0.2) is 0 Å². The van der Waals surface area contributed by atoms with Crippen LogP contribution in [0.2, 0.25) is 0 Å². The van der Waals surface area contributed by atoms with Crippen LogP contribution in [0.4, 0.5) is 13.2 Å². The van der Waals surface area contributed by atoms with Crippen LogP contribution in [0.25, 0.3) is 21.9 Å². The molecule has 4 heteroatoms. The lowest BCUT2D eigenvalue weighted by atomic mass is 9.96. The maximum Gasteiger partial charge on any atom is 0.416 e. The fourth-order valence-electron chi connectivity index (χ4n) is 2.52. The molecule has 112 valence electrons. The van der Waals surface area contributed by atoms with E-state index in [9.17, 15) is 18.3 Å². The van der Waals surface area contributed by atoms with E-state index in [2.05, 4.69) is 0 Å². The summed E-state index contributed by atoms with van der Waals surface area (Å²) in [5.41, 5.74) is 1.75. The van der Waals surface area contributed by atoms with E-state index in [0.29, 0.717) is 0 Å². The van der Waals surface area contributed by atoms with Gasteiger partial charge < -0.3 is 5.11 Å². The number of rotatable bonds is 2. The van der Waals surface area contributed by atoms with Gasteiger partial charge in [-0.2, -0.15) is 13.2 Å². The number of hydrogen-bond donors (Lipinski definition) is 1. The lowest BCUT2D eigenvalue weighted by molar-refractivity contribution is -0.137. The Morgan fingerprint density at radius 1 is 0.864 bits per heavy atom. The number of hydrogen-bond acceptors (Lipinski definition) is 1. The van der Waals surface area contributed by atoms with Crippen LogP contribution < -0.4 is 0 Å². The van der Waals surface area contributed by atoms with Crippen LogP contribution in [0.15, 0.2) is 60.7 Å². The van der Waals surface area contributed by atoms with Crippen molar-refractivity contribution in [1.82, 2.24) is 0 Å². The predicted octanol–water partition coefficient (Wildman–Crippen LogP) is 5.02. The molecule has 0 saturated carbocycles. The Morgan fingerprint density at radius 3 is 2.23 bits per heavy atom. The van der Waals surface area contributed by atoms with Crippen molar-refractivity contribution in [3.05, 3.63) is 71.8 Å². The van der Waals surface area contributed by atoms with E-state index >= 15 is 0 Å². The molecule has 0 spiro atoms. The van der Waals surface area contributed by atoms with Crippen LogP contribution in [-0.4, -0.2) is 5.11 Å². The second kappa shape index (κ2) is 5.46. The van der Waals surface area contributed by atoms with Gasteiger partial charge in [0.2, 0.25) is 0 Å². The zero-order valence-electron chi connectivity index (χ0n) is 11.6. The van der Waals surface area contributed by atoms with Crippen molar-refractivity contribution in [3.8, 4) is 11.1 Å². The smallest absolute Gasteiger partial charge is 0.392 e. The molecule has 0 saturated heterocycles. The minimum absolute atomic E-state index is 0.0412. The van der Waals surface area contributed by atoms with E-state index in [-0.39, 0.29) is 6.61 Å². The van der Waals surface area contributed by atoms with Crippen molar-refractivity contribution in [1.29, 1.82) is 0 Å². The molecule has 1 N–H and O–H groups in total. The lowest BCUT2D eigenvalue weighted by Gasteiger charge is -2.10. The Balaban J connectivity index is 2.10. The van der Waals surface area contributed by atoms with Gasteiger partial charge in [-0.3, -0.25) is 0 Å². The monoisotopic (exact) mass is 302 g/mol. The molecule has 0 aliphatic heterocycles. The van der Waals surface area contributed by atoms with Crippen molar-refractivity contribution in [3.63, 3.8) is 0 Å². The number of aliphatic hydroxyl groups is 1. The van der Waals surface area contributed by atoms with E-state index in [1.165, 1.54) is 12.1 Å². The third-order valence-electron chi connectivity index (χ3n) is 3.65. The van der Waals surface area contributed by atoms with E-state index in [1.54, 1.807) is 0 Å². The molecular formula is C18H13F3O. The highest BCUT2D eigenvalue weighted by atomic mass is 19.4. The Labute approximate surface area is 125 Å². The number of benzene rings is 3. The van der Waals surface area contributed by atoms with E-state index in [4.69, 9.17) is 0 Å². The molecule has 0 heterocycles. The molecule has 0 bridgehead atoms. The Morgan fingerprint density at radius 2 is 1.59 bits per heavy atom. The Kier molecular flexibility index (Phi) is 3.62. The Bertz CT molecular complexity index is 805. The van der Waals surface area contributed by atoms with Gasteiger partial charge in [0.1, 0.15) is 0 Å². The summed E-state index contributed by atoms with van der Waals surface area (Å²) in [7, 11) is 0. The van der Waals surface area contributed by atoms with Crippen LogP contribution >= 0.6 is 0 Å². The molecule has 0 aliphatic carbocycles. The first-order chi connectivity index (χ1) is 10.5. The fourth-order valence-corrected chi connectivity index (χ4v) is 2.52. The number of aliphatic hydroxyl groups excluding tert-OH is 1. The largest absolute Gasteiger partial charge is 0.416 e. The normalized spacial score (nSPS) is 11.8. The quantitative estimate of drug-likeness (QED) is 0.705. The third-order valence-corrected chi connectivity index (χ3v) is 3.65. The molecule has 0 aromatic heterocycles. The summed E-state index contributed by atoms with van der Waals surface area (Å²) in [5, 5.41) is 11.1.